The van der Waals surface area contributed by atoms with Crippen LogP contribution in [0.25, 0.3) is 44.2 Å². The molecule has 0 fully saturated rings. The molecule has 5 aromatic rings. The summed E-state index contributed by atoms with van der Waals surface area (Å²) in [6, 6.07) is 6.04. The third-order valence-electron chi connectivity index (χ3n) is 5.34. The first kappa shape index (κ1) is 17.3. The van der Waals surface area contributed by atoms with Crippen molar-refractivity contribution < 1.29 is 9.26 Å². The van der Waals surface area contributed by atoms with Crippen LogP contribution in [-0.4, -0.2) is 32.4 Å². The number of anilines is 1. The van der Waals surface area contributed by atoms with Gasteiger partial charge in [0.25, 0.3) is 0 Å². The highest BCUT2D eigenvalue weighted by Crippen LogP contribution is 2.42. The van der Waals surface area contributed by atoms with Gasteiger partial charge in [0.15, 0.2) is 5.82 Å². The zero-order chi connectivity index (χ0) is 20.3. The largest absolute Gasteiger partial charge is 0.496 e. The van der Waals surface area contributed by atoms with E-state index in [1.165, 1.54) is 0 Å². The first-order chi connectivity index (χ1) is 14.0. The predicted molar refractivity (Wildman–Crippen MR) is 112 cm³/mol. The van der Waals surface area contributed by atoms with E-state index in [9.17, 15) is 0 Å². The summed E-state index contributed by atoms with van der Waals surface area (Å²) >= 11 is 0. The van der Waals surface area contributed by atoms with E-state index >= 15 is 0 Å². The van der Waals surface area contributed by atoms with Crippen LogP contribution in [0.5, 0.6) is 5.75 Å². The minimum atomic E-state index is 0.427. The fourth-order valence-corrected chi connectivity index (χ4v) is 4.04. The quantitative estimate of drug-likeness (QED) is 0.424. The maximum atomic E-state index is 6.12. The number of fused-ring (bicyclic) bond motifs is 3. The molecule has 0 spiro atoms. The van der Waals surface area contributed by atoms with Crippen LogP contribution >= 0.6 is 0 Å². The number of H-pyrrole nitrogens is 2. The number of methoxy groups -OCH3 is 1. The number of benzene rings is 1. The zero-order valence-corrected chi connectivity index (χ0v) is 16.5. The molecule has 0 saturated carbocycles. The first-order valence-electron chi connectivity index (χ1n) is 9.22. The number of hydrogen-bond donors (Lipinski definition) is 3. The second kappa shape index (κ2) is 6.10. The van der Waals surface area contributed by atoms with E-state index in [0.717, 1.165) is 67.1 Å². The number of ether oxygens (including phenoxy) is 1. The second-order valence-corrected chi connectivity index (χ2v) is 7.11. The van der Waals surface area contributed by atoms with Crippen LogP contribution in [0.2, 0.25) is 0 Å². The van der Waals surface area contributed by atoms with Crippen molar-refractivity contribution in [3.8, 4) is 28.1 Å². The lowest BCUT2D eigenvalue weighted by Gasteiger charge is -2.09. The maximum absolute atomic E-state index is 6.12. The molecule has 0 amide bonds. The van der Waals surface area contributed by atoms with Crippen LogP contribution in [-0.2, 0) is 0 Å². The molecule has 4 heterocycles. The summed E-state index contributed by atoms with van der Waals surface area (Å²) in [6.07, 6.45) is 1.77. The number of nitrogens with two attached hydrogens (primary N) is 1. The Kier molecular flexibility index (Phi) is 3.64. The SMILES string of the molecule is COc1cc2c(cc1-c1c(C)noc1C)[nH]c1ccnc(-c3c(N)n[nH]c3C)c12. The topological polar surface area (TPSA) is 119 Å². The molecule has 0 aliphatic rings. The average Bonchev–Trinajstić information content (AvgIpc) is 3.35. The molecule has 8 heteroatoms. The molecule has 0 saturated heterocycles. The molecular weight excluding hydrogens is 368 g/mol. The number of nitrogens with zero attached hydrogens (tertiary/aromatic N) is 3. The fraction of sp³-hybridized carbons (Fsp3) is 0.190. The minimum Gasteiger partial charge on any atom is -0.496 e. The summed E-state index contributed by atoms with van der Waals surface area (Å²) in [5, 5.41) is 13.1. The van der Waals surface area contributed by atoms with Gasteiger partial charge in [-0.05, 0) is 39.0 Å². The maximum Gasteiger partial charge on any atom is 0.154 e. The molecule has 4 aromatic heterocycles. The van der Waals surface area contributed by atoms with Crippen molar-refractivity contribution in [3.63, 3.8) is 0 Å². The van der Waals surface area contributed by atoms with Gasteiger partial charge < -0.3 is 20.0 Å². The molecule has 5 rings (SSSR count). The van der Waals surface area contributed by atoms with Gasteiger partial charge in [-0.3, -0.25) is 10.1 Å². The number of nitrogens with one attached hydrogen (secondary N) is 2. The first-order valence-corrected chi connectivity index (χ1v) is 9.22. The van der Waals surface area contributed by atoms with Crippen molar-refractivity contribution in [2.45, 2.75) is 20.8 Å². The Balaban J connectivity index is 1.87. The Bertz CT molecular complexity index is 1350. The van der Waals surface area contributed by atoms with E-state index in [1.807, 2.05) is 32.9 Å². The van der Waals surface area contributed by atoms with Gasteiger partial charge in [-0.1, -0.05) is 5.16 Å². The van der Waals surface area contributed by atoms with Gasteiger partial charge in [0.05, 0.1) is 35.1 Å². The van der Waals surface area contributed by atoms with E-state index in [2.05, 4.69) is 31.4 Å². The number of rotatable bonds is 3. The number of aromatic amines is 2. The van der Waals surface area contributed by atoms with Crippen LogP contribution in [0, 0.1) is 20.8 Å². The molecular formula is C21H20N6O2. The highest BCUT2D eigenvalue weighted by atomic mass is 16.5. The van der Waals surface area contributed by atoms with Crippen molar-refractivity contribution in [2.75, 3.05) is 12.8 Å². The van der Waals surface area contributed by atoms with Gasteiger partial charge in [-0.25, -0.2) is 0 Å². The summed E-state index contributed by atoms with van der Waals surface area (Å²) in [4.78, 5) is 8.12. The number of aryl methyl sites for hydroxylation is 3. The molecule has 4 N–H and O–H groups in total. The lowest BCUT2D eigenvalue weighted by Crippen LogP contribution is -1.92. The molecule has 0 aliphatic carbocycles. The van der Waals surface area contributed by atoms with Gasteiger partial charge in [-0.2, -0.15) is 5.10 Å². The third kappa shape index (κ3) is 2.42. The van der Waals surface area contributed by atoms with E-state index in [1.54, 1.807) is 13.3 Å². The van der Waals surface area contributed by atoms with Crippen molar-refractivity contribution >= 4 is 27.6 Å². The zero-order valence-electron chi connectivity index (χ0n) is 16.5. The highest BCUT2D eigenvalue weighted by molar-refractivity contribution is 6.15. The number of pyridine rings is 1. The van der Waals surface area contributed by atoms with Crippen LogP contribution in [0.15, 0.2) is 28.9 Å². The average molecular weight is 388 g/mol. The number of hydrogen-bond acceptors (Lipinski definition) is 6. The summed E-state index contributed by atoms with van der Waals surface area (Å²) in [6.45, 7) is 5.76. The van der Waals surface area contributed by atoms with Crippen molar-refractivity contribution in [1.82, 2.24) is 25.3 Å². The van der Waals surface area contributed by atoms with Crippen LogP contribution in [0.1, 0.15) is 17.1 Å². The smallest absolute Gasteiger partial charge is 0.154 e. The molecule has 0 aliphatic heterocycles. The van der Waals surface area contributed by atoms with Crippen molar-refractivity contribution in [3.05, 3.63) is 41.5 Å². The fourth-order valence-electron chi connectivity index (χ4n) is 4.04. The van der Waals surface area contributed by atoms with Gasteiger partial charge in [0, 0.05) is 33.7 Å². The van der Waals surface area contributed by atoms with E-state index in [0.29, 0.717) is 5.82 Å². The summed E-state index contributed by atoms with van der Waals surface area (Å²) in [5.74, 6) is 1.91. The van der Waals surface area contributed by atoms with E-state index in [4.69, 9.17) is 15.0 Å². The van der Waals surface area contributed by atoms with Gasteiger partial charge in [0.1, 0.15) is 11.5 Å². The van der Waals surface area contributed by atoms with Crippen LogP contribution in [0.4, 0.5) is 5.82 Å². The number of nitrogen functional groups attached to an aromatic ring is 1. The Morgan fingerprint density at radius 3 is 2.59 bits per heavy atom. The van der Waals surface area contributed by atoms with Gasteiger partial charge in [-0.15, -0.1) is 0 Å². The lowest BCUT2D eigenvalue weighted by atomic mass is 9.99. The summed E-state index contributed by atoms with van der Waals surface area (Å²) in [7, 11) is 1.66. The highest BCUT2D eigenvalue weighted by Gasteiger charge is 2.21. The summed E-state index contributed by atoms with van der Waals surface area (Å²) < 4.78 is 11.1. The molecule has 8 nitrogen and oxygen atoms in total. The second-order valence-electron chi connectivity index (χ2n) is 7.11. The predicted octanol–water partition coefficient (Wildman–Crippen LogP) is 4.28. The molecule has 29 heavy (non-hydrogen) atoms. The Morgan fingerprint density at radius 1 is 1.10 bits per heavy atom. The Labute approximate surface area is 166 Å². The lowest BCUT2D eigenvalue weighted by molar-refractivity contribution is 0.393. The van der Waals surface area contributed by atoms with E-state index < -0.39 is 0 Å². The normalized spacial score (nSPS) is 11.6. The number of aromatic nitrogens is 5. The molecule has 0 bridgehead atoms. The van der Waals surface area contributed by atoms with Gasteiger partial charge >= 0.3 is 0 Å². The van der Waals surface area contributed by atoms with Crippen LogP contribution < -0.4 is 10.5 Å². The van der Waals surface area contributed by atoms with Gasteiger partial charge in [0.2, 0.25) is 0 Å². The van der Waals surface area contributed by atoms with E-state index in [-0.39, 0.29) is 0 Å². The Morgan fingerprint density at radius 2 is 1.93 bits per heavy atom. The summed E-state index contributed by atoms with van der Waals surface area (Å²) in [5.41, 5.74) is 13.2. The third-order valence-corrected chi connectivity index (χ3v) is 5.34. The molecule has 0 atom stereocenters. The molecule has 0 radical (unpaired) electrons. The minimum absolute atomic E-state index is 0.427. The monoisotopic (exact) mass is 388 g/mol. The van der Waals surface area contributed by atoms with Crippen molar-refractivity contribution in [1.29, 1.82) is 0 Å². The van der Waals surface area contributed by atoms with Crippen LogP contribution in [0.3, 0.4) is 0 Å². The standard InChI is InChI=1S/C21H20N6O2/c1-9-18(21(22)26-25-9)20-19-12-8-16(28-4)13(17-10(2)27-29-11(17)3)7-15(12)24-14(19)5-6-23-20/h5-8,24H,1-4H3,(H3,22,25,26). The molecule has 0 unspecified atom stereocenters. The Hall–Kier alpha value is -3.81. The molecule has 146 valence electrons. The van der Waals surface area contributed by atoms with Crippen molar-refractivity contribution in [2.24, 2.45) is 0 Å². The molecule has 1 aromatic carbocycles.